The third kappa shape index (κ3) is 5.65. The molecule has 0 aliphatic heterocycles. The summed E-state index contributed by atoms with van der Waals surface area (Å²) in [4.78, 5) is 16.1. The van der Waals surface area contributed by atoms with Gasteiger partial charge in [0.15, 0.2) is 0 Å². The first kappa shape index (κ1) is 16.9. The van der Waals surface area contributed by atoms with Crippen molar-refractivity contribution in [2.24, 2.45) is 7.05 Å². The number of urea groups is 1. The highest BCUT2D eigenvalue weighted by Crippen LogP contribution is 2.11. The van der Waals surface area contributed by atoms with E-state index in [1.807, 2.05) is 36.9 Å². The monoisotopic (exact) mass is 316 g/mol. The number of imidazole rings is 1. The van der Waals surface area contributed by atoms with E-state index in [4.69, 9.17) is 0 Å². The summed E-state index contributed by atoms with van der Waals surface area (Å²) in [6.07, 6.45) is 6.05. The van der Waals surface area contributed by atoms with Crippen molar-refractivity contribution in [3.05, 3.63) is 48.0 Å². The van der Waals surface area contributed by atoms with E-state index in [1.165, 1.54) is 0 Å². The maximum Gasteiger partial charge on any atom is 0.315 e. The molecule has 1 atom stereocenters. The van der Waals surface area contributed by atoms with Crippen LogP contribution in [0.5, 0.6) is 5.75 Å². The highest BCUT2D eigenvalue weighted by atomic mass is 16.3. The van der Waals surface area contributed by atoms with Crippen LogP contribution >= 0.6 is 0 Å². The minimum atomic E-state index is -0.155. The zero-order valence-corrected chi connectivity index (χ0v) is 13.6. The molecule has 0 fully saturated rings. The number of aromatic hydroxyl groups is 1. The number of nitrogens with one attached hydrogen (secondary N) is 2. The second-order valence-electron chi connectivity index (χ2n) is 5.71. The van der Waals surface area contributed by atoms with Crippen LogP contribution in [-0.2, 0) is 19.9 Å². The Bertz CT molecular complexity index is 622. The lowest BCUT2D eigenvalue weighted by atomic mass is 10.1. The number of benzene rings is 1. The van der Waals surface area contributed by atoms with E-state index >= 15 is 0 Å². The van der Waals surface area contributed by atoms with Gasteiger partial charge >= 0.3 is 6.03 Å². The fourth-order valence-corrected chi connectivity index (χ4v) is 2.32. The Morgan fingerprint density at radius 2 is 2.04 bits per heavy atom. The first-order valence-corrected chi connectivity index (χ1v) is 7.83. The molecule has 1 heterocycles. The molecule has 6 nitrogen and oxygen atoms in total. The molecular weight excluding hydrogens is 292 g/mol. The second kappa shape index (κ2) is 8.22. The topological polar surface area (TPSA) is 79.2 Å². The lowest BCUT2D eigenvalue weighted by Gasteiger charge is -2.14. The van der Waals surface area contributed by atoms with Crippen molar-refractivity contribution in [3.8, 4) is 5.75 Å². The smallest absolute Gasteiger partial charge is 0.315 e. The molecule has 0 saturated carbocycles. The third-order valence-corrected chi connectivity index (χ3v) is 3.73. The van der Waals surface area contributed by atoms with Crippen molar-refractivity contribution in [2.45, 2.75) is 32.2 Å². The largest absolute Gasteiger partial charge is 0.508 e. The van der Waals surface area contributed by atoms with Gasteiger partial charge in [0.1, 0.15) is 11.6 Å². The maximum atomic E-state index is 11.8. The van der Waals surface area contributed by atoms with Gasteiger partial charge in [0, 0.05) is 38.4 Å². The Labute approximate surface area is 136 Å². The van der Waals surface area contributed by atoms with Crippen LogP contribution in [0.2, 0.25) is 0 Å². The zero-order valence-electron chi connectivity index (χ0n) is 13.6. The number of aromatic nitrogens is 2. The molecule has 23 heavy (non-hydrogen) atoms. The summed E-state index contributed by atoms with van der Waals surface area (Å²) in [5, 5.41) is 15.0. The molecule has 0 saturated heterocycles. The molecule has 0 aliphatic carbocycles. The van der Waals surface area contributed by atoms with Crippen molar-refractivity contribution >= 4 is 6.03 Å². The molecule has 0 aliphatic rings. The lowest BCUT2D eigenvalue weighted by molar-refractivity contribution is 0.237. The third-order valence-electron chi connectivity index (χ3n) is 3.73. The van der Waals surface area contributed by atoms with Crippen LogP contribution in [0.1, 0.15) is 24.7 Å². The minimum absolute atomic E-state index is 0.0805. The van der Waals surface area contributed by atoms with Crippen LogP contribution in [0.4, 0.5) is 4.79 Å². The summed E-state index contributed by atoms with van der Waals surface area (Å²) < 4.78 is 1.94. The van der Waals surface area contributed by atoms with Gasteiger partial charge in [-0.3, -0.25) is 0 Å². The quantitative estimate of drug-likeness (QED) is 0.731. The summed E-state index contributed by atoms with van der Waals surface area (Å²) in [7, 11) is 1.94. The molecule has 124 valence electrons. The minimum Gasteiger partial charge on any atom is -0.508 e. The number of nitrogens with zero attached hydrogens (tertiary/aromatic N) is 2. The van der Waals surface area contributed by atoms with Crippen LogP contribution in [0.15, 0.2) is 36.7 Å². The van der Waals surface area contributed by atoms with Crippen molar-refractivity contribution in [1.82, 2.24) is 20.2 Å². The van der Waals surface area contributed by atoms with Crippen molar-refractivity contribution in [2.75, 3.05) is 6.54 Å². The van der Waals surface area contributed by atoms with Gasteiger partial charge in [-0.25, -0.2) is 9.78 Å². The molecule has 0 bridgehead atoms. The first-order chi connectivity index (χ1) is 11.0. The van der Waals surface area contributed by atoms with Crippen LogP contribution in [0.3, 0.4) is 0 Å². The van der Waals surface area contributed by atoms with Gasteiger partial charge in [-0.1, -0.05) is 12.1 Å². The van der Waals surface area contributed by atoms with Crippen LogP contribution < -0.4 is 10.6 Å². The molecule has 6 heteroatoms. The molecule has 2 rings (SSSR count). The van der Waals surface area contributed by atoms with Gasteiger partial charge in [-0.15, -0.1) is 0 Å². The highest BCUT2D eigenvalue weighted by Gasteiger charge is 2.07. The molecule has 0 radical (unpaired) electrons. The number of carbonyl (C=O) groups excluding carboxylic acids is 1. The fourth-order valence-electron chi connectivity index (χ4n) is 2.32. The molecule has 2 aromatic rings. The van der Waals surface area contributed by atoms with E-state index in [9.17, 15) is 9.90 Å². The van der Waals surface area contributed by atoms with Gasteiger partial charge in [0.05, 0.1) is 0 Å². The van der Waals surface area contributed by atoms with Gasteiger partial charge in [-0.2, -0.15) is 0 Å². The number of hydrogen-bond donors (Lipinski definition) is 3. The lowest BCUT2D eigenvalue weighted by Crippen LogP contribution is -2.41. The molecular formula is C17H24N4O2. The number of hydrogen-bond acceptors (Lipinski definition) is 3. The average Bonchev–Trinajstić information content (AvgIpc) is 2.92. The molecule has 1 aromatic heterocycles. The molecule has 1 aromatic carbocycles. The van der Waals surface area contributed by atoms with E-state index in [0.717, 1.165) is 24.2 Å². The standard InChI is InChI=1S/C17H24N4O2/c1-13(3-4-14-5-7-15(22)8-6-14)20-17(23)19-10-9-16-18-11-12-21(16)2/h5-8,11-13,22H,3-4,9-10H2,1-2H3,(H2,19,20,23). The average molecular weight is 316 g/mol. The predicted octanol–water partition coefficient (Wildman–Crippen LogP) is 1.99. The fraction of sp³-hybridized carbons (Fsp3) is 0.412. The first-order valence-electron chi connectivity index (χ1n) is 7.83. The van der Waals surface area contributed by atoms with Crippen molar-refractivity contribution in [1.29, 1.82) is 0 Å². The summed E-state index contributed by atoms with van der Waals surface area (Å²) in [5.41, 5.74) is 1.15. The number of amides is 2. The zero-order chi connectivity index (χ0) is 16.7. The van der Waals surface area contributed by atoms with Gasteiger partial charge in [0.25, 0.3) is 0 Å². The normalized spacial score (nSPS) is 11.9. The number of aryl methyl sites for hydroxylation is 2. The van der Waals surface area contributed by atoms with Gasteiger partial charge < -0.3 is 20.3 Å². The van der Waals surface area contributed by atoms with E-state index in [2.05, 4.69) is 15.6 Å². The highest BCUT2D eigenvalue weighted by molar-refractivity contribution is 5.74. The number of phenols is 1. The Hall–Kier alpha value is -2.50. The van der Waals surface area contributed by atoms with Crippen LogP contribution in [-0.4, -0.2) is 33.3 Å². The maximum absolute atomic E-state index is 11.8. The Balaban J connectivity index is 1.64. The van der Waals surface area contributed by atoms with E-state index < -0.39 is 0 Å². The van der Waals surface area contributed by atoms with Crippen LogP contribution in [0.25, 0.3) is 0 Å². The SMILES string of the molecule is CC(CCc1ccc(O)cc1)NC(=O)NCCc1nccn1C. The summed E-state index contributed by atoms with van der Waals surface area (Å²) in [6.45, 7) is 2.54. The summed E-state index contributed by atoms with van der Waals surface area (Å²) in [6, 6.07) is 7.08. The summed E-state index contributed by atoms with van der Waals surface area (Å²) >= 11 is 0. The molecule has 3 N–H and O–H groups in total. The molecule has 2 amide bonds. The van der Waals surface area contributed by atoms with E-state index in [-0.39, 0.29) is 17.8 Å². The van der Waals surface area contributed by atoms with E-state index in [0.29, 0.717) is 13.0 Å². The number of phenolic OH excluding ortho intramolecular Hbond substituents is 1. The van der Waals surface area contributed by atoms with Gasteiger partial charge in [-0.05, 0) is 37.5 Å². The Morgan fingerprint density at radius 3 is 2.70 bits per heavy atom. The summed E-state index contributed by atoms with van der Waals surface area (Å²) in [5.74, 6) is 1.22. The van der Waals surface area contributed by atoms with Crippen LogP contribution in [0, 0.1) is 0 Å². The predicted molar refractivity (Wildman–Crippen MR) is 89.3 cm³/mol. The van der Waals surface area contributed by atoms with Crippen molar-refractivity contribution < 1.29 is 9.90 Å². The van der Waals surface area contributed by atoms with Crippen molar-refractivity contribution in [3.63, 3.8) is 0 Å². The second-order valence-corrected chi connectivity index (χ2v) is 5.71. The Morgan fingerprint density at radius 1 is 1.30 bits per heavy atom. The Kier molecular flexibility index (Phi) is 6.02. The number of rotatable bonds is 7. The van der Waals surface area contributed by atoms with Gasteiger partial charge in [0.2, 0.25) is 0 Å². The molecule has 1 unspecified atom stereocenters. The molecule has 0 spiro atoms. The number of carbonyl (C=O) groups is 1. The van der Waals surface area contributed by atoms with E-state index in [1.54, 1.807) is 18.3 Å².